The molecule has 1 atom stereocenters. The zero-order valence-corrected chi connectivity index (χ0v) is 11.3. The highest BCUT2D eigenvalue weighted by atomic mass is 79.9. The Kier molecular flexibility index (Phi) is 5.07. The van der Waals surface area contributed by atoms with E-state index in [2.05, 4.69) is 29.8 Å². The molecule has 0 aliphatic heterocycles. The second kappa shape index (κ2) is 5.86. The summed E-state index contributed by atoms with van der Waals surface area (Å²) in [5, 5.41) is 0.193. The van der Waals surface area contributed by atoms with E-state index in [0.29, 0.717) is 10.7 Å². The summed E-state index contributed by atoms with van der Waals surface area (Å²) in [4.78, 5) is 0.483. The van der Waals surface area contributed by atoms with Gasteiger partial charge < -0.3 is 0 Å². The van der Waals surface area contributed by atoms with Crippen molar-refractivity contribution in [2.75, 3.05) is 0 Å². The topological polar surface area (TPSA) is 0 Å². The molecule has 0 fully saturated rings. The van der Waals surface area contributed by atoms with E-state index in [9.17, 15) is 4.39 Å². The summed E-state index contributed by atoms with van der Waals surface area (Å²) in [6.45, 7) is 4.34. The third-order valence-electron chi connectivity index (χ3n) is 2.42. The second-order valence-corrected chi connectivity index (χ2v) is 5.63. The van der Waals surface area contributed by atoms with Crippen molar-refractivity contribution in [2.45, 2.75) is 31.5 Å². The standard InChI is InChI=1S/C12H15BrClF/c1-8(2)10(13)5-3-9-4-6-11(14)12(15)7-9/h4,6-8,10H,3,5H2,1-2H3. The molecule has 84 valence electrons. The van der Waals surface area contributed by atoms with Crippen LogP contribution in [-0.4, -0.2) is 4.83 Å². The summed E-state index contributed by atoms with van der Waals surface area (Å²) >= 11 is 9.22. The van der Waals surface area contributed by atoms with E-state index < -0.39 is 0 Å². The van der Waals surface area contributed by atoms with Gasteiger partial charge in [0, 0.05) is 4.83 Å². The number of benzene rings is 1. The number of halogens is 3. The monoisotopic (exact) mass is 292 g/mol. The molecular formula is C12H15BrClF. The smallest absolute Gasteiger partial charge is 0.142 e. The van der Waals surface area contributed by atoms with Crippen molar-refractivity contribution in [2.24, 2.45) is 5.92 Å². The molecule has 3 heteroatoms. The van der Waals surface area contributed by atoms with Crippen molar-refractivity contribution < 1.29 is 4.39 Å². The van der Waals surface area contributed by atoms with Gasteiger partial charge in [-0.2, -0.15) is 0 Å². The first-order valence-electron chi connectivity index (χ1n) is 5.08. The first kappa shape index (κ1) is 13.0. The summed E-state index contributed by atoms with van der Waals surface area (Å²) in [6.07, 6.45) is 1.89. The van der Waals surface area contributed by atoms with Gasteiger partial charge in [0.2, 0.25) is 0 Å². The molecular weight excluding hydrogens is 278 g/mol. The van der Waals surface area contributed by atoms with Gasteiger partial charge >= 0.3 is 0 Å². The number of rotatable bonds is 4. The fourth-order valence-corrected chi connectivity index (χ4v) is 1.68. The normalized spacial score (nSPS) is 13.2. The van der Waals surface area contributed by atoms with Crippen molar-refractivity contribution in [3.05, 3.63) is 34.6 Å². The fraction of sp³-hybridized carbons (Fsp3) is 0.500. The second-order valence-electron chi connectivity index (χ2n) is 4.05. The Bertz CT molecular complexity index is 325. The van der Waals surface area contributed by atoms with Gasteiger partial charge in [-0.25, -0.2) is 4.39 Å². The molecule has 0 aliphatic rings. The highest BCUT2D eigenvalue weighted by Crippen LogP contribution is 2.21. The average Bonchev–Trinajstić information content (AvgIpc) is 2.19. The SMILES string of the molecule is CC(C)C(Br)CCc1ccc(Cl)c(F)c1. The summed E-state index contributed by atoms with van der Waals surface area (Å²) in [6, 6.07) is 5.01. The molecule has 0 nitrogen and oxygen atoms in total. The van der Waals surface area contributed by atoms with Crippen LogP contribution in [0.5, 0.6) is 0 Å². The molecule has 0 aromatic heterocycles. The molecule has 1 aromatic rings. The maximum Gasteiger partial charge on any atom is 0.142 e. The lowest BCUT2D eigenvalue weighted by atomic mass is 10.0. The first-order valence-corrected chi connectivity index (χ1v) is 6.38. The largest absolute Gasteiger partial charge is 0.205 e. The summed E-state index contributed by atoms with van der Waals surface area (Å²) in [5.74, 6) is 0.270. The van der Waals surface area contributed by atoms with Crippen LogP contribution in [0.3, 0.4) is 0 Å². The van der Waals surface area contributed by atoms with E-state index in [1.807, 2.05) is 6.07 Å². The molecule has 0 spiro atoms. The van der Waals surface area contributed by atoms with Gasteiger partial charge in [0.05, 0.1) is 5.02 Å². The van der Waals surface area contributed by atoms with Crippen molar-refractivity contribution in [3.63, 3.8) is 0 Å². The number of hydrogen-bond donors (Lipinski definition) is 0. The quantitative estimate of drug-likeness (QED) is 0.697. The predicted octanol–water partition coefficient (Wildman–Crippen LogP) is 4.83. The van der Waals surface area contributed by atoms with E-state index in [0.717, 1.165) is 18.4 Å². The molecule has 0 radical (unpaired) electrons. The molecule has 0 N–H and O–H groups in total. The molecule has 0 amide bonds. The number of aryl methyl sites for hydroxylation is 1. The van der Waals surface area contributed by atoms with E-state index >= 15 is 0 Å². The van der Waals surface area contributed by atoms with Gasteiger partial charge in [0.1, 0.15) is 5.82 Å². The van der Waals surface area contributed by atoms with E-state index in [1.165, 1.54) is 6.07 Å². The number of alkyl halides is 1. The predicted molar refractivity (Wildman–Crippen MR) is 67.3 cm³/mol. The molecule has 1 aromatic carbocycles. The molecule has 0 aliphatic carbocycles. The van der Waals surface area contributed by atoms with Crippen molar-refractivity contribution in [3.8, 4) is 0 Å². The third-order valence-corrected chi connectivity index (χ3v) is 4.24. The molecule has 1 unspecified atom stereocenters. The number of hydrogen-bond acceptors (Lipinski definition) is 0. The lowest BCUT2D eigenvalue weighted by molar-refractivity contribution is 0.579. The van der Waals surface area contributed by atoms with E-state index in [-0.39, 0.29) is 10.8 Å². The van der Waals surface area contributed by atoms with Crippen LogP contribution < -0.4 is 0 Å². The molecule has 0 saturated carbocycles. The van der Waals surface area contributed by atoms with Crippen molar-refractivity contribution in [1.82, 2.24) is 0 Å². The van der Waals surface area contributed by atoms with Crippen LogP contribution in [0.1, 0.15) is 25.8 Å². The molecule has 1 rings (SSSR count). The fourth-order valence-electron chi connectivity index (χ4n) is 1.33. The van der Waals surface area contributed by atoms with E-state index in [1.54, 1.807) is 6.07 Å². The lowest BCUT2D eigenvalue weighted by Crippen LogP contribution is -2.08. The van der Waals surface area contributed by atoms with Crippen molar-refractivity contribution >= 4 is 27.5 Å². The van der Waals surface area contributed by atoms with Gasteiger partial charge in [-0.15, -0.1) is 0 Å². The minimum absolute atomic E-state index is 0.193. The molecule has 0 saturated heterocycles. The Balaban J connectivity index is 2.55. The minimum Gasteiger partial charge on any atom is -0.205 e. The highest BCUT2D eigenvalue weighted by Gasteiger charge is 2.09. The van der Waals surface area contributed by atoms with Gasteiger partial charge in [-0.3, -0.25) is 0 Å². The highest BCUT2D eigenvalue weighted by molar-refractivity contribution is 9.09. The van der Waals surface area contributed by atoms with E-state index in [4.69, 9.17) is 11.6 Å². The molecule has 15 heavy (non-hydrogen) atoms. The first-order chi connectivity index (χ1) is 7.00. The zero-order chi connectivity index (χ0) is 11.4. The summed E-state index contributed by atoms with van der Waals surface area (Å²) in [5.41, 5.74) is 1.00. The maximum absolute atomic E-state index is 13.1. The minimum atomic E-state index is -0.329. The van der Waals surface area contributed by atoms with Crippen LogP contribution in [0.4, 0.5) is 4.39 Å². The zero-order valence-electron chi connectivity index (χ0n) is 8.93. The molecule has 0 bridgehead atoms. The van der Waals surface area contributed by atoms with Crippen molar-refractivity contribution in [1.29, 1.82) is 0 Å². The Labute approximate surface area is 104 Å². The van der Waals surface area contributed by atoms with Gasteiger partial charge in [-0.1, -0.05) is 47.4 Å². The molecule has 0 heterocycles. The third kappa shape index (κ3) is 4.12. The van der Waals surface area contributed by atoms with Gasteiger partial charge in [-0.05, 0) is 36.5 Å². The van der Waals surface area contributed by atoms with Crippen LogP contribution in [-0.2, 0) is 6.42 Å². The average molecular weight is 294 g/mol. The Morgan fingerprint density at radius 1 is 1.40 bits per heavy atom. The van der Waals surface area contributed by atoms with Crippen LogP contribution in [0, 0.1) is 11.7 Å². The maximum atomic E-state index is 13.1. The van der Waals surface area contributed by atoms with Crippen LogP contribution in [0.15, 0.2) is 18.2 Å². The van der Waals surface area contributed by atoms with Gasteiger partial charge in [0.25, 0.3) is 0 Å². The Morgan fingerprint density at radius 2 is 2.07 bits per heavy atom. The Morgan fingerprint density at radius 3 is 2.60 bits per heavy atom. The van der Waals surface area contributed by atoms with Crippen LogP contribution in [0.2, 0.25) is 5.02 Å². The summed E-state index contributed by atoms with van der Waals surface area (Å²) in [7, 11) is 0. The lowest BCUT2D eigenvalue weighted by Gasteiger charge is -2.13. The van der Waals surface area contributed by atoms with Crippen LogP contribution in [0.25, 0.3) is 0 Å². The van der Waals surface area contributed by atoms with Gasteiger partial charge in [0.15, 0.2) is 0 Å². The Hall–Kier alpha value is -0.0800. The van der Waals surface area contributed by atoms with Crippen LogP contribution >= 0.6 is 27.5 Å². The summed E-state index contributed by atoms with van der Waals surface area (Å²) < 4.78 is 13.1.